The zero-order valence-corrected chi connectivity index (χ0v) is 12.9. The summed E-state index contributed by atoms with van der Waals surface area (Å²) in [6.45, 7) is 0. The van der Waals surface area contributed by atoms with Crippen molar-refractivity contribution in [2.45, 2.75) is 31.7 Å². The molecule has 1 aromatic carbocycles. The molecule has 22 heavy (non-hydrogen) atoms. The molecule has 120 valence electrons. The van der Waals surface area contributed by atoms with Gasteiger partial charge >= 0.3 is 5.97 Å². The van der Waals surface area contributed by atoms with Crippen molar-refractivity contribution >= 4 is 17.8 Å². The van der Waals surface area contributed by atoms with Crippen LogP contribution in [0.15, 0.2) is 30.3 Å². The fourth-order valence-corrected chi connectivity index (χ4v) is 1.94. The summed E-state index contributed by atoms with van der Waals surface area (Å²) < 4.78 is 0. The Morgan fingerprint density at radius 3 is 2.32 bits per heavy atom. The molecule has 2 amide bonds. The summed E-state index contributed by atoms with van der Waals surface area (Å²) in [5, 5.41) is 11.7. The number of rotatable bonds is 8. The first-order valence-electron chi connectivity index (χ1n) is 7.16. The normalized spacial score (nSPS) is 11.5. The van der Waals surface area contributed by atoms with Gasteiger partial charge in [-0.15, -0.1) is 0 Å². The summed E-state index contributed by atoms with van der Waals surface area (Å²) in [6, 6.07) is 8.17. The molecule has 0 saturated carbocycles. The van der Waals surface area contributed by atoms with E-state index in [4.69, 9.17) is 0 Å². The number of hydrogen-bond acceptors (Lipinski definition) is 3. The van der Waals surface area contributed by atoms with E-state index in [0.717, 1.165) is 5.56 Å². The average Bonchev–Trinajstić information content (AvgIpc) is 2.47. The molecule has 0 aliphatic carbocycles. The Bertz CT molecular complexity index is 514. The summed E-state index contributed by atoms with van der Waals surface area (Å²) in [4.78, 5) is 35.9. The lowest BCUT2D eigenvalue weighted by atomic mass is 10.1. The molecular formula is C16H22N2O4. The first kappa shape index (κ1) is 17.7. The summed E-state index contributed by atoms with van der Waals surface area (Å²) in [7, 11) is 3.31. The molecule has 1 atom stereocenters. The minimum Gasteiger partial charge on any atom is -0.480 e. The SMILES string of the molecule is CN(C)C(=O)CCCC(=O)N[C@H](Cc1ccccc1)C(=O)O. The first-order valence-corrected chi connectivity index (χ1v) is 7.16. The van der Waals surface area contributed by atoms with Crippen molar-refractivity contribution in [1.82, 2.24) is 10.2 Å². The molecule has 0 aliphatic heterocycles. The van der Waals surface area contributed by atoms with E-state index in [2.05, 4.69) is 5.32 Å². The number of carbonyl (C=O) groups excluding carboxylic acids is 2. The third-order valence-corrected chi connectivity index (χ3v) is 3.21. The standard InChI is InChI=1S/C16H22N2O4/c1-18(2)15(20)10-6-9-14(19)17-13(16(21)22)11-12-7-4-3-5-8-12/h3-5,7-8,13H,6,9-11H2,1-2H3,(H,17,19)(H,21,22)/t13-/m1/s1. The zero-order chi connectivity index (χ0) is 16.5. The van der Waals surface area contributed by atoms with E-state index in [1.807, 2.05) is 30.3 Å². The van der Waals surface area contributed by atoms with Gasteiger partial charge in [-0.05, 0) is 12.0 Å². The Balaban J connectivity index is 2.44. The topological polar surface area (TPSA) is 86.7 Å². The molecule has 0 fully saturated rings. The van der Waals surface area contributed by atoms with Gasteiger partial charge in [0, 0.05) is 33.4 Å². The average molecular weight is 306 g/mol. The Morgan fingerprint density at radius 2 is 1.77 bits per heavy atom. The van der Waals surface area contributed by atoms with Gasteiger partial charge in [-0.3, -0.25) is 9.59 Å². The van der Waals surface area contributed by atoms with Gasteiger partial charge in [0.05, 0.1) is 0 Å². The molecule has 0 aliphatic rings. The van der Waals surface area contributed by atoms with E-state index < -0.39 is 12.0 Å². The molecule has 0 heterocycles. The van der Waals surface area contributed by atoms with E-state index in [1.54, 1.807) is 14.1 Å². The lowest BCUT2D eigenvalue weighted by Crippen LogP contribution is -2.42. The fraction of sp³-hybridized carbons (Fsp3) is 0.438. The number of carboxylic acid groups (broad SMARTS) is 1. The molecule has 6 nitrogen and oxygen atoms in total. The minimum absolute atomic E-state index is 0.0492. The molecule has 0 unspecified atom stereocenters. The predicted molar refractivity (Wildman–Crippen MR) is 82.3 cm³/mol. The predicted octanol–water partition coefficient (Wildman–Crippen LogP) is 1.06. The molecule has 0 saturated heterocycles. The van der Waals surface area contributed by atoms with Gasteiger partial charge in [-0.2, -0.15) is 0 Å². The van der Waals surface area contributed by atoms with Gasteiger partial charge in [-0.25, -0.2) is 4.79 Å². The number of carboxylic acids is 1. The largest absolute Gasteiger partial charge is 0.480 e. The van der Waals surface area contributed by atoms with Crippen molar-refractivity contribution in [2.24, 2.45) is 0 Å². The Kier molecular flexibility index (Phi) is 7.08. The molecule has 0 radical (unpaired) electrons. The fourth-order valence-electron chi connectivity index (χ4n) is 1.94. The van der Waals surface area contributed by atoms with Gasteiger partial charge in [0.1, 0.15) is 6.04 Å². The number of nitrogens with zero attached hydrogens (tertiary/aromatic N) is 1. The second kappa shape index (κ2) is 8.81. The Labute approximate surface area is 130 Å². The molecule has 0 bridgehead atoms. The number of carbonyl (C=O) groups is 3. The highest BCUT2D eigenvalue weighted by atomic mass is 16.4. The van der Waals surface area contributed by atoms with Crippen LogP contribution in [0.5, 0.6) is 0 Å². The Hall–Kier alpha value is -2.37. The summed E-state index contributed by atoms with van der Waals surface area (Å²) in [6.07, 6.45) is 1.05. The van der Waals surface area contributed by atoms with Gasteiger partial charge in [0.15, 0.2) is 0 Å². The highest BCUT2D eigenvalue weighted by Crippen LogP contribution is 2.05. The molecule has 6 heteroatoms. The van der Waals surface area contributed by atoms with Gasteiger partial charge in [-0.1, -0.05) is 30.3 Å². The Morgan fingerprint density at radius 1 is 1.14 bits per heavy atom. The first-order chi connectivity index (χ1) is 10.4. The summed E-state index contributed by atoms with van der Waals surface area (Å²) >= 11 is 0. The van der Waals surface area contributed by atoms with Gasteiger partial charge < -0.3 is 15.3 Å². The monoisotopic (exact) mass is 306 g/mol. The number of aliphatic carboxylic acids is 1. The van der Waals surface area contributed by atoms with Gasteiger partial charge in [0.25, 0.3) is 0 Å². The van der Waals surface area contributed by atoms with E-state index in [-0.39, 0.29) is 31.1 Å². The molecular weight excluding hydrogens is 284 g/mol. The third-order valence-electron chi connectivity index (χ3n) is 3.21. The molecule has 1 aromatic rings. The summed E-state index contributed by atoms with van der Waals surface area (Å²) in [5.41, 5.74) is 0.845. The van der Waals surface area contributed by atoms with Crippen molar-refractivity contribution in [3.8, 4) is 0 Å². The highest BCUT2D eigenvalue weighted by Gasteiger charge is 2.20. The van der Waals surface area contributed by atoms with Crippen molar-refractivity contribution in [3.63, 3.8) is 0 Å². The lowest BCUT2D eigenvalue weighted by molar-refractivity contribution is -0.141. The maximum absolute atomic E-state index is 11.8. The van der Waals surface area contributed by atoms with Crippen LogP contribution in [-0.4, -0.2) is 47.9 Å². The van der Waals surface area contributed by atoms with Crippen LogP contribution in [0.2, 0.25) is 0 Å². The van der Waals surface area contributed by atoms with E-state index in [9.17, 15) is 19.5 Å². The van der Waals surface area contributed by atoms with Crippen molar-refractivity contribution in [1.29, 1.82) is 0 Å². The molecule has 1 rings (SSSR count). The minimum atomic E-state index is -1.07. The van der Waals surface area contributed by atoms with Crippen molar-refractivity contribution in [2.75, 3.05) is 14.1 Å². The third kappa shape index (κ3) is 6.39. The van der Waals surface area contributed by atoms with E-state index in [0.29, 0.717) is 6.42 Å². The second-order valence-corrected chi connectivity index (χ2v) is 5.29. The maximum atomic E-state index is 11.8. The second-order valence-electron chi connectivity index (χ2n) is 5.29. The number of nitrogens with one attached hydrogen (secondary N) is 1. The molecule has 0 spiro atoms. The molecule has 2 N–H and O–H groups in total. The quantitative estimate of drug-likeness (QED) is 0.752. The highest BCUT2D eigenvalue weighted by molar-refractivity contribution is 5.84. The zero-order valence-electron chi connectivity index (χ0n) is 12.9. The molecule has 0 aromatic heterocycles. The maximum Gasteiger partial charge on any atom is 0.326 e. The number of hydrogen-bond donors (Lipinski definition) is 2. The lowest BCUT2D eigenvalue weighted by Gasteiger charge is -2.15. The van der Waals surface area contributed by atoms with Crippen LogP contribution in [0, 0.1) is 0 Å². The van der Waals surface area contributed by atoms with Crippen LogP contribution >= 0.6 is 0 Å². The smallest absolute Gasteiger partial charge is 0.326 e. The van der Waals surface area contributed by atoms with Crippen LogP contribution in [0.3, 0.4) is 0 Å². The number of amides is 2. The van der Waals surface area contributed by atoms with Gasteiger partial charge in [0.2, 0.25) is 11.8 Å². The van der Waals surface area contributed by atoms with E-state index in [1.165, 1.54) is 4.90 Å². The van der Waals surface area contributed by atoms with Crippen LogP contribution < -0.4 is 5.32 Å². The van der Waals surface area contributed by atoms with Crippen LogP contribution in [0.25, 0.3) is 0 Å². The van der Waals surface area contributed by atoms with Crippen molar-refractivity contribution in [3.05, 3.63) is 35.9 Å². The van der Waals surface area contributed by atoms with Crippen LogP contribution in [-0.2, 0) is 20.8 Å². The van der Waals surface area contributed by atoms with E-state index >= 15 is 0 Å². The van der Waals surface area contributed by atoms with Crippen LogP contribution in [0.1, 0.15) is 24.8 Å². The van der Waals surface area contributed by atoms with Crippen LogP contribution in [0.4, 0.5) is 0 Å². The number of benzene rings is 1. The summed E-state index contributed by atoms with van der Waals surface area (Å²) in [5.74, 6) is -1.47. The van der Waals surface area contributed by atoms with Crippen molar-refractivity contribution < 1.29 is 19.5 Å².